The lowest BCUT2D eigenvalue weighted by Gasteiger charge is -2.10. The van der Waals surface area contributed by atoms with Crippen LogP contribution in [0, 0.1) is 11.3 Å². The number of ether oxygens (including phenoxy) is 1. The Morgan fingerprint density at radius 3 is 2.61 bits per heavy atom. The van der Waals surface area contributed by atoms with E-state index >= 15 is 0 Å². The van der Waals surface area contributed by atoms with Crippen molar-refractivity contribution < 1.29 is 9.15 Å². The summed E-state index contributed by atoms with van der Waals surface area (Å²) in [7, 11) is 0. The standard InChI is InChI=1S/C17H9Cl2NO3/c18-11-8-12-14(21)17(22-7-6-20)15(10-4-2-1-3-5-10)23-16(12)13(19)9-11/h1-5,8-9H,7H2. The van der Waals surface area contributed by atoms with Crippen LogP contribution in [-0.4, -0.2) is 6.61 Å². The predicted molar refractivity (Wildman–Crippen MR) is 89.0 cm³/mol. The Kier molecular flexibility index (Phi) is 4.24. The van der Waals surface area contributed by atoms with Crippen LogP contribution in [0.1, 0.15) is 0 Å². The molecule has 0 aliphatic carbocycles. The summed E-state index contributed by atoms with van der Waals surface area (Å²) in [5, 5.41) is 9.48. The molecule has 0 aliphatic rings. The molecule has 0 spiro atoms. The van der Waals surface area contributed by atoms with Gasteiger partial charge in [-0.2, -0.15) is 5.26 Å². The molecule has 4 nitrogen and oxygen atoms in total. The third-order valence-corrected chi connectivity index (χ3v) is 3.69. The highest BCUT2D eigenvalue weighted by molar-refractivity contribution is 6.38. The zero-order valence-corrected chi connectivity index (χ0v) is 13.2. The second kappa shape index (κ2) is 6.33. The van der Waals surface area contributed by atoms with E-state index in [0.29, 0.717) is 10.6 Å². The third-order valence-electron chi connectivity index (χ3n) is 3.19. The molecule has 0 radical (unpaired) electrons. The van der Waals surface area contributed by atoms with Crippen LogP contribution in [0.3, 0.4) is 0 Å². The molecule has 114 valence electrons. The number of nitriles is 1. The van der Waals surface area contributed by atoms with Crippen molar-refractivity contribution in [2.24, 2.45) is 0 Å². The minimum Gasteiger partial charge on any atom is -0.471 e. The fraction of sp³-hybridized carbons (Fsp3) is 0.0588. The van der Waals surface area contributed by atoms with Crippen LogP contribution in [0.15, 0.2) is 51.7 Å². The molecule has 23 heavy (non-hydrogen) atoms. The Morgan fingerprint density at radius 1 is 1.17 bits per heavy atom. The molecule has 3 rings (SSSR count). The van der Waals surface area contributed by atoms with E-state index in [1.807, 2.05) is 12.1 Å². The van der Waals surface area contributed by atoms with Crippen LogP contribution in [0.25, 0.3) is 22.3 Å². The molecule has 0 fully saturated rings. The monoisotopic (exact) mass is 345 g/mol. The summed E-state index contributed by atoms with van der Waals surface area (Å²) in [6, 6.07) is 13.8. The molecule has 0 N–H and O–H groups in total. The van der Waals surface area contributed by atoms with Crippen molar-refractivity contribution in [1.82, 2.24) is 0 Å². The lowest BCUT2D eigenvalue weighted by atomic mass is 10.1. The van der Waals surface area contributed by atoms with E-state index in [4.69, 9.17) is 37.6 Å². The first-order valence-corrected chi connectivity index (χ1v) is 7.38. The second-order valence-electron chi connectivity index (χ2n) is 4.67. The smallest absolute Gasteiger partial charge is 0.235 e. The molecule has 0 amide bonds. The van der Waals surface area contributed by atoms with Gasteiger partial charge in [0.25, 0.3) is 0 Å². The molecular formula is C17H9Cl2NO3. The summed E-state index contributed by atoms with van der Waals surface area (Å²) in [6.07, 6.45) is 0. The SMILES string of the molecule is N#CCOc1c(-c2ccccc2)oc2c(Cl)cc(Cl)cc2c1=O. The largest absolute Gasteiger partial charge is 0.471 e. The zero-order chi connectivity index (χ0) is 16.4. The number of hydrogen-bond acceptors (Lipinski definition) is 4. The Hall–Kier alpha value is -2.48. The summed E-state index contributed by atoms with van der Waals surface area (Å²) >= 11 is 12.1. The first kappa shape index (κ1) is 15.4. The van der Waals surface area contributed by atoms with Crippen LogP contribution in [-0.2, 0) is 0 Å². The van der Waals surface area contributed by atoms with E-state index < -0.39 is 5.43 Å². The van der Waals surface area contributed by atoms with Gasteiger partial charge in [-0.05, 0) is 12.1 Å². The fourth-order valence-electron chi connectivity index (χ4n) is 2.22. The molecule has 0 saturated carbocycles. The van der Waals surface area contributed by atoms with Crippen LogP contribution < -0.4 is 10.2 Å². The van der Waals surface area contributed by atoms with E-state index in [1.165, 1.54) is 12.1 Å². The minimum absolute atomic E-state index is 0.0383. The highest BCUT2D eigenvalue weighted by Gasteiger charge is 2.19. The topological polar surface area (TPSA) is 63.2 Å². The normalized spacial score (nSPS) is 10.5. The predicted octanol–water partition coefficient (Wildman–Crippen LogP) is 4.67. The Morgan fingerprint density at radius 2 is 1.91 bits per heavy atom. The average molecular weight is 346 g/mol. The molecule has 0 bridgehead atoms. The van der Waals surface area contributed by atoms with Gasteiger partial charge in [0, 0.05) is 10.6 Å². The molecule has 6 heteroatoms. The van der Waals surface area contributed by atoms with Gasteiger partial charge >= 0.3 is 0 Å². The third kappa shape index (κ3) is 2.89. The van der Waals surface area contributed by atoms with Crippen LogP contribution in [0.2, 0.25) is 10.0 Å². The van der Waals surface area contributed by atoms with Crippen molar-refractivity contribution in [3.63, 3.8) is 0 Å². The summed E-state index contributed by atoms with van der Waals surface area (Å²) in [4.78, 5) is 12.7. The molecule has 2 aromatic carbocycles. The van der Waals surface area contributed by atoms with E-state index in [9.17, 15) is 4.79 Å². The van der Waals surface area contributed by atoms with Gasteiger partial charge in [-0.1, -0.05) is 53.5 Å². The summed E-state index contributed by atoms with van der Waals surface area (Å²) < 4.78 is 11.1. The van der Waals surface area contributed by atoms with Gasteiger partial charge < -0.3 is 9.15 Å². The van der Waals surface area contributed by atoms with Crippen molar-refractivity contribution >= 4 is 34.2 Å². The Labute approximate surface area is 141 Å². The molecule has 0 atom stereocenters. The van der Waals surface area contributed by atoms with Gasteiger partial charge in [0.1, 0.15) is 6.07 Å². The minimum atomic E-state index is -0.426. The Balaban J connectivity index is 2.38. The maximum Gasteiger partial charge on any atom is 0.235 e. The molecule has 1 heterocycles. The lowest BCUT2D eigenvalue weighted by Crippen LogP contribution is -2.10. The zero-order valence-electron chi connectivity index (χ0n) is 11.7. The fourth-order valence-corrected chi connectivity index (χ4v) is 2.75. The molecule has 1 aromatic heterocycles. The van der Waals surface area contributed by atoms with Gasteiger partial charge in [0.05, 0.1) is 10.4 Å². The van der Waals surface area contributed by atoms with Crippen LogP contribution >= 0.6 is 23.2 Å². The van der Waals surface area contributed by atoms with E-state index in [-0.39, 0.29) is 34.1 Å². The summed E-state index contributed by atoms with van der Waals surface area (Å²) in [5.74, 6) is 0.186. The number of halogens is 2. The van der Waals surface area contributed by atoms with Gasteiger partial charge in [0.2, 0.25) is 11.2 Å². The van der Waals surface area contributed by atoms with Gasteiger partial charge in [-0.3, -0.25) is 4.79 Å². The molecule has 3 aromatic rings. The number of benzene rings is 2. The van der Waals surface area contributed by atoms with Crippen LogP contribution in [0.4, 0.5) is 0 Å². The van der Waals surface area contributed by atoms with Crippen molar-refractivity contribution in [3.8, 4) is 23.1 Å². The summed E-state index contributed by atoms with van der Waals surface area (Å²) in [6.45, 7) is -0.273. The molecular weight excluding hydrogens is 337 g/mol. The van der Waals surface area contributed by atoms with E-state index in [1.54, 1.807) is 24.3 Å². The van der Waals surface area contributed by atoms with Gasteiger partial charge in [0.15, 0.2) is 18.0 Å². The lowest BCUT2D eigenvalue weighted by molar-refractivity contribution is 0.356. The molecule has 0 aliphatic heterocycles. The molecule has 0 unspecified atom stereocenters. The number of hydrogen-bond donors (Lipinski definition) is 0. The van der Waals surface area contributed by atoms with Crippen molar-refractivity contribution in [1.29, 1.82) is 5.26 Å². The highest BCUT2D eigenvalue weighted by Crippen LogP contribution is 2.34. The number of fused-ring (bicyclic) bond motifs is 1. The van der Waals surface area contributed by atoms with Gasteiger partial charge in [-0.15, -0.1) is 0 Å². The number of rotatable bonds is 3. The maximum absolute atomic E-state index is 12.7. The summed E-state index contributed by atoms with van der Waals surface area (Å²) in [5.41, 5.74) is 0.444. The highest BCUT2D eigenvalue weighted by atomic mass is 35.5. The first-order chi connectivity index (χ1) is 11.1. The van der Waals surface area contributed by atoms with Crippen molar-refractivity contribution in [3.05, 3.63) is 62.7 Å². The van der Waals surface area contributed by atoms with Gasteiger partial charge in [-0.25, -0.2) is 0 Å². The average Bonchev–Trinajstić information content (AvgIpc) is 2.55. The molecule has 0 saturated heterocycles. The maximum atomic E-state index is 12.7. The second-order valence-corrected chi connectivity index (χ2v) is 5.51. The van der Waals surface area contributed by atoms with E-state index in [2.05, 4.69) is 0 Å². The quantitative estimate of drug-likeness (QED) is 0.691. The first-order valence-electron chi connectivity index (χ1n) is 6.63. The number of nitrogens with zero attached hydrogens (tertiary/aromatic N) is 1. The van der Waals surface area contributed by atoms with Crippen molar-refractivity contribution in [2.45, 2.75) is 0 Å². The van der Waals surface area contributed by atoms with Crippen molar-refractivity contribution in [2.75, 3.05) is 6.61 Å². The van der Waals surface area contributed by atoms with E-state index in [0.717, 1.165) is 0 Å². The van der Waals surface area contributed by atoms with Crippen LogP contribution in [0.5, 0.6) is 5.75 Å². The Bertz CT molecular complexity index is 975.